The molecule has 0 atom stereocenters. The molecule has 5 heterocycles. The second-order valence-electron chi connectivity index (χ2n) is 12.9. The predicted molar refractivity (Wildman–Crippen MR) is 217 cm³/mol. The number of aromatic nitrogens is 4. The molecule has 53 heavy (non-hydrogen) atoms. The molecule has 6 nitrogen and oxygen atoms in total. The average molecular weight is 687 g/mol. The summed E-state index contributed by atoms with van der Waals surface area (Å²) in [6.45, 7) is 2.13. The van der Waals surface area contributed by atoms with Crippen LogP contribution in [0.15, 0.2) is 140 Å². The highest BCUT2D eigenvalue weighted by atomic mass is 16.5. The van der Waals surface area contributed by atoms with Crippen molar-refractivity contribution < 1.29 is 9.53 Å². The summed E-state index contributed by atoms with van der Waals surface area (Å²) in [5.74, 6) is -0.346. The highest BCUT2D eigenvalue weighted by Crippen LogP contribution is 2.38. The summed E-state index contributed by atoms with van der Waals surface area (Å²) in [5.41, 5.74) is 15.6. The van der Waals surface area contributed by atoms with Crippen molar-refractivity contribution in [3.63, 3.8) is 0 Å². The van der Waals surface area contributed by atoms with E-state index in [0.717, 1.165) is 89.4 Å². The Hall–Kier alpha value is -7.05. The number of ether oxygens (including phenoxy) is 1. The Bertz CT molecular complexity index is 2690. The summed E-state index contributed by atoms with van der Waals surface area (Å²) in [6, 6.07) is 47.2. The van der Waals surface area contributed by atoms with E-state index >= 15 is 0 Å². The number of fused-ring (bicyclic) bond motifs is 8. The van der Waals surface area contributed by atoms with Crippen molar-refractivity contribution in [2.45, 2.75) is 6.92 Å². The van der Waals surface area contributed by atoms with Crippen molar-refractivity contribution in [3.05, 3.63) is 168 Å². The first-order chi connectivity index (χ1) is 26.1. The SMILES string of the molecule is CCOC(=O)c1ccc(-c2c3nc(c(-c4ccccc4)c4ccc([nH]4)c(-c4ccccc4)c4nc(c(-c5ccccc5)c5ccc2[nH]5)C=C4)C=C3)cc1. The van der Waals surface area contributed by atoms with E-state index in [2.05, 4.69) is 131 Å². The molecule has 3 aromatic heterocycles. The maximum absolute atomic E-state index is 12.6. The van der Waals surface area contributed by atoms with Crippen LogP contribution in [0.1, 0.15) is 40.1 Å². The maximum atomic E-state index is 12.6. The Kier molecular flexibility index (Phi) is 8.18. The molecule has 2 N–H and O–H groups in total. The van der Waals surface area contributed by atoms with Gasteiger partial charge in [-0.3, -0.25) is 0 Å². The minimum absolute atomic E-state index is 0.317. The Labute approximate surface area is 306 Å². The second kappa shape index (κ2) is 13.6. The van der Waals surface area contributed by atoms with Crippen molar-refractivity contribution >= 4 is 52.3 Å². The molecule has 7 aromatic rings. The number of carbonyl (C=O) groups excluding carboxylic acids is 1. The molecule has 0 radical (unpaired) electrons. The van der Waals surface area contributed by atoms with Gasteiger partial charge in [-0.2, -0.15) is 0 Å². The quantitative estimate of drug-likeness (QED) is 0.171. The van der Waals surface area contributed by atoms with Gasteiger partial charge in [0.05, 0.1) is 34.9 Å². The molecule has 4 aromatic carbocycles. The molecule has 0 unspecified atom stereocenters. The van der Waals surface area contributed by atoms with Crippen LogP contribution < -0.4 is 0 Å². The molecule has 0 saturated carbocycles. The highest BCUT2D eigenvalue weighted by molar-refractivity contribution is 6.00. The molecule has 2 aliphatic heterocycles. The van der Waals surface area contributed by atoms with Gasteiger partial charge in [0.25, 0.3) is 0 Å². The van der Waals surface area contributed by atoms with Crippen LogP contribution in [0, 0.1) is 0 Å². The van der Waals surface area contributed by atoms with Crippen LogP contribution in [0.2, 0.25) is 0 Å². The van der Waals surface area contributed by atoms with E-state index in [9.17, 15) is 4.79 Å². The number of H-pyrrole nitrogens is 2. The molecule has 9 rings (SSSR count). The topological polar surface area (TPSA) is 83.7 Å². The number of hydrogen-bond donors (Lipinski definition) is 2. The van der Waals surface area contributed by atoms with Gasteiger partial charge in [-0.15, -0.1) is 0 Å². The number of aromatic amines is 2. The number of esters is 1. The van der Waals surface area contributed by atoms with Crippen molar-refractivity contribution in [1.82, 2.24) is 19.9 Å². The van der Waals surface area contributed by atoms with Gasteiger partial charge in [-0.05, 0) is 89.9 Å². The molecule has 0 fully saturated rings. The van der Waals surface area contributed by atoms with Crippen molar-refractivity contribution in [3.8, 4) is 44.5 Å². The Balaban J connectivity index is 1.43. The fourth-order valence-electron chi connectivity index (χ4n) is 7.22. The fraction of sp³-hybridized carbons (Fsp3) is 0.0426. The predicted octanol–water partition coefficient (Wildman–Crippen LogP) is 11.5. The number of rotatable bonds is 6. The lowest BCUT2D eigenvalue weighted by Gasteiger charge is -2.07. The molecular weight excluding hydrogens is 653 g/mol. The molecule has 6 heteroatoms. The second-order valence-corrected chi connectivity index (χ2v) is 12.9. The minimum atomic E-state index is -0.346. The summed E-state index contributed by atoms with van der Waals surface area (Å²) >= 11 is 0. The summed E-state index contributed by atoms with van der Waals surface area (Å²) in [6.07, 6.45) is 8.37. The van der Waals surface area contributed by atoms with E-state index in [0.29, 0.717) is 12.2 Å². The van der Waals surface area contributed by atoms with Gasteiger partial charge in [-0.25, -0.2) is 14.8 Å². The van der Waals surface area contributed by atoms with E-state index in [1.165, 1.54) is 0 Å². The molecule has 254 valence electrons. The number of nitrogens with one attached hydrogen (secondary N) is 2. The van der Waals surface area contributed by atoms with E-state index in [1.807, 2.05) is 49.4 Å². The van der Waals surface area contributed by atoms with Gasteiger partial charge in [0.15, 0.2) is 0 Å². The normalized spacial score (nSPS) is 11.9. The van der Waals surface area contributed by atoms with Crippen LogP contribution >= 0.6 is 0 Å². The first-order valence-corrected chi connectivity index (χ1v) is 17.7. The van der Waals surface area contributed by atoms with Crippen LogP contribution in [0.5, 0.6) is 0 Å². The van der Waals surface area contributed by atoms with Gasteiger partial charge in [-0.1, -0.05) is 103 Å². The summed E-state index contributed by atoms with van der Waals surface area (Å²) in [7, 11) is 0. The fourth-order valence-corrected chi connectivity index (χ4v) is 7.22. The summed E-state index contributed by atoms with van der Waals surface area (Å²) < 4.78 is 5.28. The van der Waals surface area contributed by atoms with E-state index in [-0.39, 0.29) is 5.97 Å². The lowest BCUT2D eigenvalue weighted by atomic mass is 10.0. The first kappa shape index (κ1) is 31.9. The Morgan fingerprint density at radius 3 is 1.09 bits per heavy atom. The average Bonchev–Trinajstić information content (AvgIpc) is 4.04. The van der Waals surface area contributed by atoms with Gasteiger partial charge in [0.1, 0.15) is 0 Å². The van der Waals surface area contributed by atoms with Gasteiger partial charge in [0.2, 0.25) is 0 Å². The summed E-state index contributed by atoms with van der Waals surface area (Å²) in [4.78, 5) is 30.8. The molecule has 2 aliphatic rings. The largest absolute Gasteiger partial charge is 0.462 e. The minimum Gasteiger partial charge on any atom is -0.462 e. The number of carbonyl (C=O) groups is 1. The highest BCUT2D eigenvalue weighted by Gasteiger charge is 2.19. The van der Waals surface area contributed by atoms with Crippen molar-refractivity contribution in [2.75, 3.05) is 6.61 Å². The lowest BCUT2D eigenvalue weighted by molar-refractivity contribution is 0.0526. The zero-order valence-electron chi connectivity index (χ0n) is 29.0. The molecule has 0 spiro atoms. The van der Waals surface area contributed by atoms with Crippen LogP contribution in [0.4, 0.5) is 0 Å². The van der Waals surface area contributed by atoms with Gasteiger partial charge < -0.3 is 14.7 Å². The summed E-state index contributed by atoms with van der Waals surface area (Å²) in [5, 5.41) is 0. The Morgan fingerprint density at radius 1 is 0.453 bits per heavy atom. The zero-order valence-corrected chi connectivity index (χ0v) is 29.0. The number of hydrogen-bond acceptors (Lipinski definition) is 4. The van der Waals surface area contributed by atoms with E-state index in [1.54, 1.807) is 0 Å². The van der Waals surface area contributed by atoms with Crippen LogP contribution in [0.3, 0.4) is 0 Å². The Morgan fingerprint density at radius 2 is 0.774 bits per heavy atom. The third-order valence-electron chi connectivity index (χ3n) is 9.63. The van der Waals surface area contributed by atoms with E-state index < -0.39 is 0 Å². The van der Waals surface area contributed by atoms with Crippen LogP contribution in [0.25, 0.3) is 90.9 Å². The van der Waals surface area contributed by atoms with Gasteiger partial charge in [0, 0.05) is 44.3 Å². The first-order valence-electron chi connectivity index (χ1n) is 17.7. The molecule has 0 amide bonds. The zero-order chi connectivity index (χ0) is 35.7. The third kappa shape index (κ3) is 5.96. The maximum Gasteiger partial charge on any atom is 0.338 e. The van der Waals surface area contributed by atoms with Crippen molar-refractivity contribution in [1.29, 1.82) is 0 Å². The van der Waals surface area contributed by atoms with Gasteiger partial charge >= 0.3 is 5.97 Å². The molecule has 0 saturated heterocycles. The monoisotopic (exact) mass is 686 g/mol. The standard InChI is InChI=1S/C47H34N4O2/c1-2-53-47(52)34-20-18-33(19-21-34)46-41-28-26-39(50-41)44(31-14-8-4-9-15-31)37-24-22-35(48-37)43(30-12-6-3-7-13-30)36-23-25-38(49-36)45(32-16-10-5-11-17-32)40-27-29-42(46)51-40/h3-29,48,51H,2H2,1H3. The molecule has 0 aliphatic carbocycles. The van der Waals surface area contributed by atoms with Crippen LogP contribution in [-0.4, -0.2) is 32.5 Å². The van der Waals surface area contributed by atoms with Crippen LogP contribution in [-0.2, 0) is 4.74 Å². The third-order valence-corrected chi connectivity index (χ3v) is 9.63. The number of benzene rings is 4. The molecule has 8 bridgehead atoms. The molecular formula is C47H34N4O2. The lowest BCUT2D eigenvalue weighted by Crippen LogP contribution is -2.04. The van der Waals surface area contributed by atoms with E-state index in [4.69, 9.17) is 14.7 Å². The van der Waals surface area contributed by atoms with Crippen molar-refractivity contribution in [2.24, 2.45) is 0 Å². The smallest absolute Gasteiger partial charge is 0.338 e. The number of nitrogens with zero attached hydrogens (tertiary/aromatic N) is 2.